The van der Waals surface area contributed by atoms with Gasteiger partial charge in [0.1, 0.15) is 18.5 Å². The molecule has 1 aromatic heterocycles. The van der Waals surface area contributed by atoms with Crippen LogP contribution in [0.1, 0.15) is 49.2 Å². The molecule has 1 aromatic carbocycles. The predicted molar refractivity (Wildman–Crippen MR) is 111 cm³/mol. The van der Waals surface area contributed by atoms with Gasteiger partial charge in [-0.1, -0.05) is 50.1 Å². The number of nitrogens with two attached hydrogens (primary N) is 1. The average Bonchev–Trinajstić information content (AvgIpc) is 3.16. The summed E-state index contributed by atoms with van der Waals surface area (Å²) < 4.78 is 4.87. The minimum atomic E-state index is -1.34. The van der Waals surface area contributed by atoms with Crippen LogP contribution in [0.2, 0.25) is 0 Å². The largest absolute Gasteiger partial charge is 0.431 e. The number of benzene rings is 1. The minimum Gasteiger partial charge on any atom is -0.431 e. The van der Waals surface area contributed by atoms with Gasteiger partial charge in [0, 0.05) is 6.92 Å². The number of nitrogen functional groups attached to an aromatic ring is 1. The van der Waals surface area contributed by atoms with Crippen molar-refractivity contribution in [1.82, 2.24) is 15.6 Å². The molecule has 0 unspecified atom stereocenters. The summed E-state index contributed by atoms with van der Waals surface area (Å²) in [5.74, 6) is -0.892. The minimum absolute atomic E-state index is 0.0309. The third-order valence-electron chi connectivity index (χ3n) is 4.80. The molecule has 0 spiro atoms. The van der Waals surface area contributed by atoms with Crippen LogP contribution in [0.3, 0.4) is 0 Å². The summed E-state index contributed by atoms with van der Waals surface area (Å²) >= 11 is 0. The molecule has 4 atom stereocenters. The first-order chi connectivity index (χ1) is 14.3. The molecule has 9 nitrogen and oxygen atoms in total. The molecule has 0 saturated carbocycles. The molecule has 2 amide bonds. The summed E-state index contributed by atoms with van der Waals surface area (Å²) in [7, 11) is 0. The molecule has 1 heterocycles. The normalized spacial score (nSPS) is 15.1. The Morgan fingerprint density at radius 1 is 1.13 bits per heavy atom. The van der Waals surface area contributed by atoms with Crippen LogP contribution in [0.15, 0.2) is 41.0 Å². The number of rotatable bonds is 11. The van der Waals surface area contributed by atoms with Crippen molar-refractivity contribution in [1.29, 1.82) is 0 Å². The van der Waals surface area contributed by atoms with Gasteiger partial charge in [-0.2, -0.15) is 4.98 Å². The Morgan fingerprint density at radius 2 is 1.80 bits per heavy atom. The number of oxazole rings is 1. The number of unbranched alkanes of at least 4 members (excludes halogenated alkanes) is 1. The van der Waals surface area contributed by atoms with E-state index in [9.17, 15) is 19.8 Å². The van der Waals surface area contributed by atoms with Gasteiger partial charge in [-0.25, -0.2) is 0 Å². The van der Waals surface area contributed by atoms with Gasteiger partial charge in [0.05, 0.1) is 12.1 Å². The SMILES string of the molecule is CCCC[C@@H](NC(C)=O)[C@@H](O)[C@H](O)[C@H](Cc1ccccc1)NC(=O)c1coc(N)n1. The number of carbonyl (C=O) groups excluding carboxylic acids is 2. The van der Waals surface area contributed by atoms with Gasteiger partial charge in [0.25, 0.3) is 11.9 Å². The molecular formula is C21H30N4O5. The number of hydrogen-bond donors (Lipinski definition) is 5. The highest BCUT2D eigenvalue weighted by atomic mass is 16.4. The van der Waals surface area contributed by atoms with Crippen LogP contribution in [-0.4, -0.2) is 51.3 Å². The molecule has 0 fully saturated rings. The van der Waals surface area contributed by atoms with Gasteiger partial charge in [-0.15, -0.1) is 0 Å². The number of amides is 2. The van der Waals surface area contributed by atoms with E-state index in [4.69, 9.17) is 10.2 Å². The third kappa shape index (κ3) is 6.85. The van der Waals surface area contributed by atoms with E-state index < -0.39 is 30.2 Å². The Kier molecular flexibility index (Phi) is 8.82. The predicted octanol–water partition coefficient (Wildman–Crippen LogP) is 1.01. The number of aliphatic hydroxyl groups excluding tert-OH is 2. The van der Waals surface area contributed by atoms with Crippen molar-refractivity contribution in [2.24, 2.45) is 0 Å². The van der Waals surface area contributed by atoms with Gasteiger partial charge < -0.3 is 31.0 Å². The number of carbonyl (C=O) groups is 2. The van der Waals surface area contributed by atoms with Crippen molar-refractivity contribution in [3.8, 4) is 0 Å². The molecule has 0 bridgehead atoms. The smallest absolute Gasteiger partial charge is 0.292 e. The molecule has 9 heteroatoms. The monoisotopic (exact) mass is 418 g/mol. The van der Waals surface area contributed by atoms with E-state index >= 15 is 0 Å². The zero-order valence-electron chi connectivity index (χ0n) is 17.2. The van der Waals surface area contributed by atoms with Gasteiger partial charge in [0.2, 0.25) is 5.91 Å². The molecule has 0 aliphatic heterocycles. The quantitative estimate of drug-likeness (QED) is 0.365. The first kappa shape index (κ1) is 23.4. The summed E-state index contributed by atoms with van der Waals surface area (Å²) in [6, 6.07) is 7.63. The molecular weight excluding hydrogens is 388 g/mol. The van der Waals surface area contributed by atoms with Crippen LogP contribution in [0.25, 0.3) is 0 Å². The van der Waals surface area contributed by atoms with Crippen molar-refractivity contribution < 1.29 is 24.2 Å². The second-order valence-corrected chi connectivity index (χ2v) is 7.27. The summed E-state index contributed by atoms with van der Waals surface area (Å²) in [4.78, 5) is 27.9. The third-order valence-corrected chi connectivity index (χ3v) is 4.80. The van der Waals surface area contributed by atoms with Gasteiger partial charge in [-0.3, -0.25) is 9.59 Å². The Bertz CT molecular complexity index is 811. The summed E-state index contributed by atoms with van der Waals surface area (Å²) in [5, 5.41) is 27.2. The maximum Gasteiger partial charge on any atom is 0.292 e. The van der Waals surface area contributed by atoms with Crippen molar-refractivity contribution in [2.45, 2.75) is 63.8 Å². The number of aliphatic hydroxyl groups is 2. The molecule has 6 N–H and O–H groups in total. The summed E-state index contributed by atoms with van der Waals surface area (Å²) in [6.45, 7) is 3.35. The van der Waals surface area contributed by atoms with Gasteiger partial charge >= 0.3 is 0 Å². The van der Waals surface area contributed by atoms with Crippen molar-refractivity contribution in [2.75, 3.05) is 5.73 Å². The maximum atomic E-state index is 12.6. The number of nitrogens with one attached hydrogen (secondary N) is 2. The summed E-state index contributed by atoms with van der Waals surface area (Å²) in [6.07, 6.45) is 0.899. The van der Waals surface area contributed by atoms with Crippen molar-refractivity contribution in [3.05, 3.63) is 47.9 Å². The number of nitrogens with zero attached hydrogens (tertiary/aromatic N) is 1. The van der Waals surface area contributed by atoms with Gasteiger partial charge in [-0.05, 0) is 18.4 Å². The molecule has 0 saturated heterocycles. The first-order valence-corrected chi connectivity index (χ1v) is 10.0. The lowest BCUT2D eigenvalue weighted by Gasteiger charge is -2.32. The fourth-order valence-electron chi connectivity index (χ4n) is 3.25. The lowest BCUT2D eigenvalue weighted by atomic mass is 9.91. The van der Waals surface area contributed by atoms with Crippen LogP contribution >= 0.6 is 0 Å². The zero-order valence-corrected chi connectivity index (χ0v) is 17.2. The highest BCUT2D eigenvalue weighted by molar-refractivity contribution is 5.92. The lowest BCUT2D eigenvalue weighted by Crippen LogP contribution is -2.56. The number of aromatic nitrogens is 1. The van der Waals surface area contributed by atoms with Crippen LogP contribution < -0.4 is 16.4 Å². The van der Waals surface area contributed by atoms with Crippen LogP contribution in [-0.2, 0) is 11.2 Å². The van der Waals surface area contributed by atoms with Crippen LogP contribution in [0.4, 0.5) is 6.01 Å². The lowest BCUT2D eigenvalue weighted by molar-refractivity contribution is -0.121. The number of anilines is 1. The fraction of sp³-hybridized carbons (Fsp3) is 0.476. The molecule has 30 heavy (non-hydrogen) atoms. The highest BCUT2D eigenvalue weighted by Gasteiger charge is 2.34. The van der Waals surface area contributed by atoms with E-state index in [2.05, 4.69) is 15.6 Å². The van der Waals surface area contributed by atoms with E-state index in [1.807, 2.05) is 37.3 Å². The Hall–Kier alpha value is -2.91. The Morgan fingerprint density at radius 3 is 2.37 bits per heavy atom. The summed E-state index contributed by atoms with van der Waals surface area (Å²) in [5.41, 5.74) is 6.25. The molecule has 0 radical (unpaired) electrons. The second kappa shape index (κ2) is 11.3. The van der Waals surface area contributed by atoms with Gasteiger partial charge in [0.15, 0.2) is 5.69 Å². The molecule has 2 aromatic rings. The highest BCUT2D eigenvalue weighted by Crippen LogP contribution is 2.15. The van der Waals surface area contributed by atoms with E-state index in [1.54, 1.807) is 0 Å². The van der Waals surface area contributed by atoms with Crippen LogP contribution in [0, 0.1) is 0 Å². The molecule has 0 aliphatic carbocycles. The first-order valence-electron chi connectivity index (χ1n) is 10.0. The average molecular weight is 418 g/mol. The standard InChI is InChI=1S/C21H30N4O5/c1-3-4-10-15(23-13(2)26)18(27)19(28)16(11-14-8-6-5-7-9-14)24-20(29)17-12-30-21(22)25-17/h5-9,12,15-16,18-19,27-28H,3-4,10-11H2,1-2H3,(H2,22,25)(H,23,26)(H,24,29)/t15-,16+,18-,19-/m1/s1. The zero-order chi connectivity index (χ0) is 22.1. The Balaban J connectivity index is 2.21. The maximum absolute atomic E-state index is 12.6. The van der Waals surface area contributed by atoms with Crippen LogP contribution in [0.5, 0.6) is 0 Å². The Labute approximate surface area is 175 Å². The van der Waals surface area contributed by atoms with E-state index in [0.29, 0.717) is 6.42 Å². The van der Waals surface area contributed by atoms with E-state index in [0.717, 1.165) is 24.7 Å². The van der Waals surface area contributed by atoms with Crippen molar-refractivity contribution >= 4 is 17.8 Å². The molecule has 2 rings (SSSR count). The topological polar surface area (TPSA) is 151 Å². The van der Waals surface area contributed by atoms with Crippen molar-refractivity contribution in [3.63, 3.8) is 0 Å². The molecule has 0 aliphatic rings. The van der Waals surface area contributed by atoms with E-state index in [1.165, 1.54) is 6.92 Å². The van der Waals surface area contributed by atoms with E-state index in [-0.39, 0.29) is 24.0 Å². The fourth-order valence-corrected chi connectivity index (χ4v) is 3.25. The molecule has 164 valence electrons. The number of hydrogen-bond acceptors (Lipinski definition) is 7. The second-order valence-electron chi connectivity index (χ2n) is 7.27.